The van der Waals surface area contributed by atoms with Gasteiger partial charge in [-0.1, -0.05) is 6.07 Å². The molecule has 2 aromatic rings. The summed E-state index contributed by atoms with van der Waals surface area (Å²) in [5, 5.41) is 8.70. The van der Waals surface area contributed by atoms with Crippen LogP contribution in [0.2, 0.25) is 0 Å². The van der Waals surface area contributed by atoms with Crippen molar-refractivity contribution in [2.24, 2.45) is 0 Å². The van der Waals surface area contributed by atoms with Crippen LogP contribution < -0.4 is 17.0 Å². The lowest BCUT2D eigenvalue weighted by Gasteiger charge is -2.04. The van der Waals surface area contributed by atoms with E-state index in [1.807, 2.05) is 4.98 Å². The zero-order valence-corrected chi connectivity index (χ0v) is 8.54. The highest BCUT2D eigenvalue weighted by molar-refractivity contribution is 5.36. The van der Waals surface area contributed by atoms with Crippen LogP contribution in [0, 0.1) is 11.3 Å². The second-order valence-corrected chi connectivity index (χ2v) is 3.20. The van der Waals surface area contributed by atoms with Gasteiger partial charge in [-0.3, -0.25) is 14.3 Å². The first-order valence-corrected chi connectivity index (χ1v) is 4.61. The van der Waals surface area contributed by atoms with Crippen molar-refractivity contribution >= 4 is 5.82 Å². The van der Waals surface area contributed by atoms with Crippen LogP contribution in [-0.4, -0.2) is 14.5 Å². The van der Waals surface area contributed by atoms with Gasteiger partial charge in [-0.15, -0.1) is 0 Å². The molecule has 7 nitrogen and oxygen atoms in total. The number of nitrogens with zero attached hydrogens (tertiary/aromatic N) is 3. The molecule has 2 rings (SSSR count). The molecule has 0 saturated heterocycles. The van der Waals surface area contributed by atoms with Crippen molar-refractivity contribution in [2.45, 2.75) is 0 Å². The minimum absolute atomic E-state index is 0.172. The Morgan fingerprint density at radius 2 is 2.18 bits per heavy atom. The fraction of sp³-hybridized carbons (Fsp3) is 0. The molecule has 3 N–H and O–H groups in total. The molecule has 0 spiro atoms. The first-order chi connectivity index (χ1) is 8.11. The van der Waals surface area contributed by atoms with Gasteiger partial charge in [-0.25, -0.2) is 9.78 Å². The molecule has 2 heterocycles. The third-order valence-corrected chi connectivity index (χ3v) is 2.07. The van der Waals surface area contributed by atoms with Gasteiger partial charge in [-0.2, -0.15) is 5.26 Å². The number of rotatable bonds is 1. The third-order valence-electron chi connectivity index (χ3n) is 2.07. The standard InChI is InChI=1S/C10H7N5O2/c11-4-6-5-15(10(17)14-9(6)16)8-3-1-2-7(12)13-8/h1-3,5H,(H2,12,13)(H,14,16,17). The summed E-state index contributed by atoms with van der Waals surface area (Å²) in [4.78, 5) is 28.7. The van der Waals surface area contributed by atoms with E-state index in [0.29, 0.717) is 0 Å². The third kappa shape index (κ3) is 1.91. The number of hydrogen-bond donors (Lipinski definition) is 2. The van der Waals surface area contributed by atoms with Crippen molar-refractivity contribution in [2.75, 3.05) is 5.73 Å². The van der Waals surface area contributed by atoms with Gasteiger partial charge in [0.15, 0.2) is 0 Å². The predicted molar refractivity (Wildman–Crippen MR) is 59.6 cm³/mol. The summed E-state index contributed by atoms with van der Waals surface area (Å²) < 4.78 is 1.05. The van der Waals surface area contributed by atoms with Gasteiger partial charge in [0, 0.05) is 6.20 Å². The Bertz CT molecular complexity index is 722. The molecule has 0 bridgehead atoms. The van der Waals surface area contributed by atoms with Crippen LogP contribution in [0.4, 0.5) is 5.82 Å². The highest BCUT2D eigenvalue weighted by atomic mass is 16.2. The van der Waals surface area contributed by atoms with E-state index < -0.39 is 11.2 Å². The molecule has 17 heavy (non-hydrogen) atoms. The average Bonchev–Trinajstić information content (AvgIpc) is 2.29. The molecule has 84 valence electrons. The molecular weight excluding hydrogens is 222 g/mol. The quantitative estimate of drug-likeness (QED) is 0.675. The fourth-order valence-electron chi connectivity index (χ4n) is 1.29. The minimum atomic E-state index is -0.724. The van der Waals surface area contributed by atoms with E-state index >= 15 is 0 Å². The maximum absolute atomic E-state index is 11.5. The van der Waals surface area contributed by atoms with E-state index in [1.54, 1.807) is 18.2 Å². The van der Waals surface area contributed by atoms with Gasteiger partial charge in [0.1, 0.15) is 23.3 Å². The number of nitrogens with one attached hydrogen (secondary N) is 1. The molecule has 0 saturated carbocycles. The summed E-state index contributed by atoms with van der Waals surface area (Å²) in [5.41, 5.74) is 3.91. The van der Waals surface area contributed by atoms with Crippen LogP contribution in [0.5, 0.6) is 0 Å². The Hall–Kier alpha value is -2.88. The SMILES string of the molecule is N#Cc1cn(-c2cccc(N)n2)c(=O)[nH]c1=O. The topological polar surface area (TPSA) is 118 Å². The molecule has 0 radical (unpaired) electrons. The minimum Gasteiger partial charge on any atom is -0.384 e. The molecule has 7 heteroatoms. The monoisotopic (exact) mass is 229 g/mol. The molecule has 0 aliphatic rings. The highest BCUT2D eigenvalue weighted by Gasteiger charge is 2.06. The van der Waals surface area contributed by atoms with E-state index in [0.717, 1.165) is 10.8 Å². The first kappa shape index (κ1) is 10.6. The predicted octanol–water partition coefficient (Wildman–Crippen LogP) is -0.625. The maximum atomic E-state index is 11.5. The first-order valence-electron chi connectivity index (χ1n) is 4.61. The van der Waals surface area contributed by atoms with Crippen molar-refractivity contribution in [3.05, 3.63) is 50.8 Å². The molecule has 0 aromatic carbocycles. The lowest BCUT2D eigenvalue weighted by atomic mass is 10.3. The Morgan fingerprint density at radius 1 is 1.41 bits per heavy atom. The van der Waals surface area contributed by atoms with Crippen LogP contribution in [0.1, 0.15) is 5.56 Å². The molecular formula is C10H7N5O2. The molecule has 0 atom stereocenters. The van der Waals surface area contributed by atoms with Gasteiger partial charge >= 0.3 is 5.69 Å². The van der Waals surface area contributed by atoms with Crippen LogP contribution in [0.3, 0.4) is 0 Å². The van der Waals surface area contributed by atoms with Crippen LogP contribution >= 0.6 is 0 Å². The summed E-state index contributed by atoms with van der Waals surface area (Å²) in [6.45, 7) is 0. The number of nitrogens with two attached hydrogens (primary N) is 1. The number of aromatic amines is 1. The number of anilines is 1. The van der Waals surface area contributed by atoms with Crippen LogP contribution in [0.25, 0.3) is 5.82 Å². The van der Waals surface area contributed by atoms with Crippen molar-refractivity contribution in [3.8, 4) is 11.9 Å². The maximum Gasteiger partial charge on any atom is 0.334 e. The molecule has 0 aliphatic heterocycles. The normalized spacial score (nSPS) is 9.82. The second kappa shape index (κ2) is 3.94. The zero-order chi connectivity index (χ0) is 12.4. The van der Waals surface area contributed by atoms with Crippen molar-refractivity contribution in [3.63, 3.8) is 0 Å². The summed E-state index contributed by atoms with van der Waals surface area (Å²) in [7, 11) is 0. The van der Waals surface area contributed by atoms with E-state index in [1.165, 1.54) is 6.07 Å². The zero-order valence-electron chi connectivity index (χ0n) is 8.54. The van der Waals surface area contributed by atoms with Gasteiger partial charge in [0.25, 0.3) is 5.56 Å². The number of pyridine rings is 1. The largest absolute Gasteiger partial charge is 0.384 e. The van der Waals surface area contributed by atoms with E-state index in [-0.39, 0.29) is 17.2 Å². The Kier molecular flexibility index (Phi) is 2.46. The number of nitriles is 1. The molecule has 0 aliphatic carbocycles. The van der Waals surface area contributed by atoms with Gasteiger partial charge in [0.05, 0.1) is 0 Å². The molecule has 0 fully saturated rings. The van der Waals surface area contributed by atoms with Crippen LogP contribution in [-0.2, 0) is 0 Å². The highest BCUT2D eigenvalue weighted by Crippen LogP contribution is 2.03. The van der Waals surface area contributed by atoms with Gasteiger partial charge < -0.3 is 5.73 Å². The lowest BCUT2D eigenvalue weighted by molar-refractivity contribution is 0.863. The lowest BCUT2D eigenvalue weighted by Crippen LogP contribution is -2.30. The van der Waals surface area contributed by atoms with Crippen LogP contribution in [0.15, 0.2) is 34.0 Å². The second-order valence-electron chi connectivity index (χ2n) is 3.20. The number of aromatic nitrogens is 3. The summed E-state index contributed by atoms with van der Waals surface area (Å²) in [5.74, 6) is 0.474. The molecule has 0 amide bonds. The smallest absolute Gasteiger partial charge is 0.334 e. The van der Waals surface area contributed by atoms with Gasteiger partial charge in [0.2, 0.25) is 0 Å². The average molecular weight is 229 g/mol. The van der Waals surface area contributed by atoms with Crippen molar-refractivity contribution in [1.29, 1.82) is 5.26 Å². The summed E-state index contributed by atoms with van der Waals surface area (Å²) in [6, 6.07) is 6.40. The molecule has 0 unspecified atom stereocenters. The van der Waals surface area contributed by atoms with E-state index in [9.17, 15) is 9.59 Å². The Morgan fingerprint density at radius 3 is 2.82 bits per heavy atom. The van der Waals surface area contributed by atoms with E-state index in [2.05, 4.69) is 4.98 Å². The Balaban J connectivity index is 2.73. The Labute approximate surface area is 94.8 Å². The number of hydrogen-bond acceptors (Lipinski definition) is 5. The fourth-order valence-corrected chi connectivity index (χ4v) is 1.29. The number of H-pyrrole nitrogens is 1. The molecule has 2 aromatic heterocycles. The van der Waals surface area contributed by atoms with Gasteiger partial charge in [-0.05, 0) is 12.1 Å². The summed E-state index contributed by atoms with van der Waals surface area (Å²) >= 11 is 0. The van der Waals surface area contributed by atoms with Crippen molar-refractivity contribution < 1.29 is 0 Å². The van der Waals surface area contributed by atoms with E-state index in [4.69, 9.17) is 11.0 Å². The number of nitrogen functional groups attached to an aromatic ring is 1. The summed E-state index contributed by atoms with van der Waals surface area (Å²) in [6.07, 6.45) is 1.13. The van der Waals surface area contributed by atoms with Crippen molar-refractivity contribution in [1.82, 2.24) is 14.5 Å².